The molecule has 1 aliphatic heterocycles. The molecule has 0 spiro atoms. The molecule has 118 valence electrons. The number of pyridine rings is 1. The van der Waals surface area contributed by atoms with Gasteiger partial charge in [0.05, 0.1) is 21.3 Å². The third-order valence-corrected chi connectivity index (χ3v) is 4.84. The third-order valence-electron chi connectivity index (χ3n) is 3.87. The van der Waals surface area contributed by atoms with Crippen molar-refractivity contribution in [2.24, 2.45) is 0 Å². The van der Waals surface area contributed by atoms with E-state index in [1.54, 1.807) is 16.7 Å². The Hall–Kier alpha value is -2.93. The van der Waals surface area contributed by atoms with Crippen molar-refractivity contribution in [1.82, 2.24) is 14.4 Å². The molecule has 4 heterocycles. The second-order valence-electron chi connectivity index (χ2n) is 5.38. The second kappa shape index (κ2) is 5.04. The largest absolute Gasteiger partial charge is 0.486 e. The van der Waals surface area contributed by atoms with E-state index in [0.29, 0.717) is 34.2 Å². The van der Waals surface area contributed by atoms with Crippen molar-refractivity contribution in [2.75, 3.05) is 13.2 Å². The molecule has 0 unspecified atom stereocenters. The lowest BCUT2D eigenvalue weighted by molar-refractivity contribution is 0.172. The first-order chi connectivity index (χ1) is 11.8. The van der Waals surface area contributed by atoms with Crippen LogP contribution in [0.3, 0.4) is 0 Å². The van der Waals surface area contributed by atoms with Crippen LogP contribution in [-0.2, 0) is 0 Å². The Kier molecular flexibility index (Phi) is 2.83. The minimum absolute atomic E-state index is 0.0974. The van der Waals surface area contributed by atoms with E-state index in [1.165, 1.54) is 11.3 Å². The van der Waals surface area contributed by atoms with Crippen LogP contribution in [0.2, 0.25) is 0 Å². The molecule has 6 nitrogen and oxygen atoms in total. The second-order valence-corrected chi connectivity index (χ2v) is 6.39. The molecule has 1 aliphatic rings. The Labute approximate surface area is 139 Å². The molecule has 1 aromatic carbocycles. The molecule has 7 heteroatoms. The molecule has 0 aliphatic carbocycles. The van der Waals surface area contributed by atoms with Gasteiger partial charge >= 0.3 is 0 Å². The maximum atomic E-state index is 12.8. The van der Waals surface area contributed by atoms with Crippen molar-refractivity contribution in [3.8, 4) is 11.5 Å². The van der Waals surface area contributed by atoms with Gasteiger partial charge in [0.25, 0.3) is 5.56 Å². The fraction of sp³-hybridized carbons (Fsp3) is 0.118. The zero-order valence-corrected chi connectivity index (χ0v) is 13.2. The Morgan fingerprint density at radius 3 is 2.79 bits per heavy atom. The SMILES string of the molecule is O=c1/c(=C/c2ccccn2)sc2nc3cc4c(cc3n12)OCCO4. The summed E-state index contributed by atoms with van der Waals surface area (Å²) >= 11 is 1.35. The quantitative estimate of drug-likeness (QED) is 0.528. The lowest BCUT2D eigenvalue weighted by Gasteiger charge is -2.17. The predicted molar refractivity (Wildman–Crippen MR) is 90.9 cm³/mol. The summed E-state index contributed by atoms with van der Waals surface area (Å²) in [6, 6.07) is 9.24. The lowest BCUT2D eigenvalue weighted by atomic mass is 10.2. The zero-order valence-electron chi connectivity index (χ0n) is 12.4. The summed E-state index contributed by atoms with van der Waals surface area (Å²) in [5.41, 5.74) is 2.11. The monoisotopic (exact) mass is 337 g/mol. The van der Waals surface area contributed by atoms with Gasteiger partial charge in [0.1, 0.15) is 13.2 Å². The first kappa shape index (κ1) is 13.5. The smallest absolute Gasteiger partial charge is 0.275 e. The zero-order chi connectivity index (χ0) is 16.1. The molecule has 0 N–H and O–H groups in total. The molecule has 0 saturated carbocycles. The van der Waals surface area contributed by atoms with Crippen LogP contribution in [0.5, 0.6) is 11.5 Å². The number of nitrogens with zero attached hydrogens (tertiary/aromatic N) is 3. The number of fused-ring (bicyclic) bond motifs is 4. The molecule has 0 amide bonds. The molecule has 24 heavy (non-hydrogen) atoms. The fourth-order valence-corrected chi connectivity index (χ4v) is 3.77. The van der Waals surface area contributed by atoms with Gasteiger partial charge in [0, 0.05) is 18.3 Å². The highest BCUT2D eigenvalue weighted by Crippen LogP contribution is 2.34. The van der Waals surface area contributed by atoms with Gasteiger partial charge in [-0.05, 0) is 18.2 Å². The third kappa shape index (κ3) is 1.98. The van der Waals surface area contributed by atoms with E-state index in [2.05, 4.69) is 9.97 Å². The normalized spacial score (nSPS) is 14.6. The first-order valence-corrected chi connectivity index (χ1v) is 8.29. The summed E-state index contributed by atoms with van der Waals surface area (Å²) in [5, 5.41) is 0. The van der Waals surface area contributed by atoms with Crippen LogP contribution in [0.25, 0.3) is 22.1 Å². The van der Waals surface area contributed by atoms with Gasteiger partial charge in [-0.3, -0.25) is 9.78 Å². The van der Waals surface area contributed by atoms with Crippen molar-refractivity contribution in [3.63, 3.8) is 0 Å². The number of benzene rings is 1. The Morgan fingerprint density at radius 1 is 1.17 bits per heavy atom. The molecule has 3 aromatic heterocycles. The van der Waals surface area contributed by atoms with E-state index < -0.39 is 0 Å². The summed E-state index contributed by atoms with van der Waals surface area (Å²) < 4.78 is 13.4. The van der Waals surface area contributed by atoms with Crippen LogP contribution >= 0.6 is 11.3 Å². The minimum atomic E-state index is -0.0974. The standard InChI is InChI=1S/C17H11N3O3S/c21-16-15(7-10-3-1-2-4-18-10)24-17-19-11-8-13-14(23-6-5-22-13)9-12(11)20(16)17/h1-4,7-9H,5-6H2/b15-7-. The summed E-state index contributed by atoms with van der Waals surface area (Å²) in [6.45, 7) is 1.03. The number of thiazole rings is 1. The van der Waals surface area contributed by atoms with E-state index in [1.807, 2.05) is 30.3 Å². The average Bonchev–Trinajstić information content (AvgIpc) is 3.10. The van der Waals surface area contributed by atoms with E-state index in [9.17, 15) is 4.79 Å². The molecule has 0 bridgehead atoms. The highest BCUT2D eigenvalue weighted by atomic mass is 32.1. The van der Waals surface area contributed by atoms with Gasteiger partial charge in [-0.25, -0.2) is 9.38 Å². The van der Waals surface area contributed by atoms with Crippen molar-refractivity contribution >= 4 is 33.4 Å². The van der Waals surface area contributed by atoms with E-state index >= 15 is 0 Å². The van der Waals surface area contributed by atoms with Gasteiger partial charge < -0.3 is 9.47 Å². The maximum Gasteiger partial charge on any atom is 0.275 e. The van der Waals surface area contributed by atoms with Crippen LogP contribution in [0.1, 0.15) is 5.69 Å². The summed E-state index contributed by atoms with van der Waals surface area (Å²) in [4.78, 5) is 22.2. The van der Waals surface area contributed by atoms with E-state index in [-0.39, 0.29) is 5.56 Å². The summed E-state index contributed by atoms with van der Waals surface area (Å²) in [6.07, 6.45) is 3.49. The summed E-state index contributed by atoms with van der Waals surface area (Å²) in [5.74, 6) is 1.32. The number of hydrogen-bond acceptors (Lipinski definition) is 6. The molecule has 0 fully saturated rings. The highest BCUT2D eigenvalue weighted by Gasteiger charge is 2.18. The number of aromatic nitrogens is 3. The van der Waals surface area contributed by atoms with Crippen molar-refractivity contribution in [2.45, 2.75) is 0 Å². The van der Waals surface area contributed by atoms with Crippen LogP contribution in [0, 0.1) is 0 Å². The predicted octanol–water partition coefficient (Wildman–Crippen LogP) is 1.62. The van der Waals surface area contributed by atoms with Crippen LogP contribution < -0.4 is 19.6 Å². The van der Waals surface area contributed by atoms with Crippen LogP contribution in [0.4, 0.5) is 0 Å². The molecule has 0 radical (unpaired) electrons. The Balaban J connectivity index is 1.78. The lowest BCUT2D eigenvalue weighted by Crippen LogP contribution is -2.23. The number of imidazole rings is 1. The molecule has 0 saturated heterocycles. The van der Waals surface area contributed by atoms with E-state index in [4.69, 9.17) is 9.47 Å². The molecular weight excluding hydrogens is 326 g/mol. The fourth-order valence-electron chi connectivity index (χ4n) is 2.80. The van der Waals surface area contributed by atoms with Crippen molar-refractivity contribution in [1.29, 1.82) is 0 Å². The van der Waals surface area contributed by atoms with Gasteiger partial charge in [-0.15, -0.1) is 0 Å². The van der Waals surface area contributed by atoms with Gasteiger partial charge in [-0.2, -0.15) is 0 Å². The van der Waals surface area contributed by atoms with Gasteiger partial charge in [-0.1, -0.05) is 17.4 Å². The van der Waals surface area contributed by atoms with E-state index in [0.717, 1.165) is 16.7 Å². The first-order valence-electron chi connectivity index (χ1n) is 7.47. The van der Waals surface area contributed by atoms with Crippen molar-refractivity contribution in [3.05, 3.63) is 57.1 Å². The molecule has 5 rings (SSSR count). The molecule has 0 atom stereocenters. The topological polar surface area (TPSA) is 65.7 Å². The average molecular weight is 337 g/mol. The number of ether oxygens (including phenoxy) is 2. The maximum absolute atomic E-state index is 12.8. The molecule has 4 aromatic rings. The molecular formula is C17H11N3O3S. The number of hydrogen-bond donors (Lipinski definition) is 0. The summed E-state index contributed by atoms with van der Waals surface area (Å²) in [7, 11) is 0. The van der Waals surface area contributed by atoms with Gasteiger partial charge in [0.2, 0.25) is 0 Å². The van der Waals surface area contributed by atoms with Crippen LogP contribution in [0.15, 0.2) is 41.3 Å². The minimum Gasteiger partial charge on any atom is -0.486 e. The van der Waals surface area contributed by atoms with Crippen LogP contribution in [-0.4, -0.2) is 27.6 Å². The Bertz CT molecular complexity index is 1180. The Morgan fingerprint density at radius 2 is 2.00 bits per heavy atom. The van der Waals surface area contributed by atoms with Crippen molar-refractivity contribution < 1.29 is 9.47 Å². The van der Waals surface area contributed by atoms with Gasteiger partial charge in [0.15, 0.2) is 16.5 Å². The highest BCUT2D eigenvalue weighted by molar-refractivity contribution is 7.15. The number of rotatable bonds is 1.